The van der Waals surface area contributed by atoms with Crippen molar-refractivity contribution < 1.29 is 19.7 Å². The molecule has 1 rings (SSSR count). The van der Waals surface area contributed by atoms with Crippen LogP contribution in [0, 0.1) is 0 Å². The molecule has 0 saturated heterocycles. The van der Waals surface area contributed by atoms with Crippen LogP contribution in [0.5, 0.6) is 5.75 Å². The number of hydrogen-bond donors (Lipinski definition) is 2. The number of aliphatic hydroxyl groups is 2. The second-order valence-corrected chi connectivity index (χ2v) is 4.43. The molecule has 0 aliphatic rings. The maximum absolute atomic E-state index is 12.2. The third-order valence-electron chi connectivity index (χ3n) is 2.48. The zero-order valence-electron chi connectivity index (χ0n) is 11.4. The molecule has 5 heteroatoms. The Morgan fingerprint density at radius 1 is 1.26 bits per heavy atom. The maximum Gasteiger partial charge on any atom is 0.254 e. The Morgan fingerprint density at radius 3 is 2.42 bits per heavy atom. The van der Waals surface area contributed by atoms with Crippen LogP contribution in [0.15, 0.2) is 24.3 Å². The Bertz CT molecular complexity index is 400. The average molecular weight is 267 g/mol. The molecular weight excluding hydrogens is 246 g/mol. The molecule has 0 aliphatic heterocycles. The molecule has 106 valence electrons. The van der Waals surface area contributed by atoms with Gasteiger partial charge in [0.25, 0.3) is 5.91 Å². The van der Waals surface area contributed by atoms with Gasteiger partial charge >= 0.3 is 0 Å². The van der Waals surface area contributed by atoms with Crippen LogP contribution in [0.2, 0.25) is 0 Å². The van der Waals surface area contributed by atoms with Crippen molar-refractivity contribution in [2.75, 3.05) is 26.3 Å². The normalized spacial score (nSPS) is 10.6. The molecule has 0 unspecified atom stereocenters. The lowest BCUT2D eigenvalue weighted by Gasteiger charge is -2.21. The van der Waals surface area contributed by atoms with Gasteiger partial charge in [0.15, 0.2) is 0 Å². The highest BCUT2D eigenvalue weighted by molar-refractivity contribution is 5.94. The van der Waals surface area contributed by atoms with E-state index in [9.17, 15) is 4.79 Å². The summed E-state index contributed by atoms with van der Waals surface area (Å²) in [6.07, 6.45) is 0.0383. The highest BCUT2D eigenvalue weighted by Crippen LogP contribution is 2.16. The molecule has 0 aliphatic carbocycles. The van der Waals surface area contributed by atoms with E-state index in [2.05, 4.69) is 0 Å². The number of nitrogens with zero attached hydrogens (tertiary/aromatic N) is 1. The van der Waals surface area contributed by atoms with Gasteiger partial charge in [-0.1, -0.05) is 6.07 Å². The molecule has 0 radical (unpaired) electrons. The van der Waals surface area contributed by atoms with Crippen LogP contribution in [0.25, 0.3) is 0 Å². The maximum atomic E-state index is 12.2. The summed E-state index contributed by atoms with van der Waals surface area (Å²) in [5.74, 6) is 0.408. The Labute approximate surface area is 113 Å². The summed E-state index contributed by atoms with van der Waals surface area (Å²) in [6, 6.07) is 6.90. The van der Waals surface area contributed by atoms with E-state index in [1.807, 2.05) is 13.8 Å². The summed E-state index contributed by atoms with van der Waals surface area (Å²) in [5.41, 5.74) is 0.486. The molecule has 0 heterocycles. The second kappa shape index (κ2) is 7.76. The quantitative estimate of drug-likeness (QED) is 0.770. The van der Waals surface area contributed by atoms with Gasteiger partial charge in [-0.05, 0) is 32.0 Å². The van der Waals surface area contributed by atoms with E-state index in [4.69, 9.17) is 14.9 Å². The number of ether oxygens (including phenoxy) is 1. The van der Waals surface area contributed by atoms with Gasteiger partial charge in [-0.3, -0.25) is 4.79 Å². The third-order valence-corrected chi connectivity index (χ3v) is 2.48. The van der Waals surface area contributed by atoms with Crippen molar-refractivity contribution >= 4 is 5.91 Å². The van der Waals surface area contributed by atoms with Gasteiger partial charge in [0.1, 0.15) is 5.75 Å². The topological polar surface area (TPSA) is 70.0 Å². The minimum absolute atomic E-state index is 0.0383. The summed E-state index contributed by atoms with van der Waals surface area (Å²) < 4.78 is 5.54. The molecule has 0 aromatic heterocycles. The summed E-state index contributed by atoms with van der Waals surface area (Å²) in [5, 5.41) is 17.9. The highest BCUT2D eigenvalue weighted by Gasteiger charge is 2.15. The van der Waals surface area contributed by atoms with Crippen LogP contribution in [0.4, 0.5) is 0 Å². The number of carbonyl (C=O) groups excluding carboxylic acids is 1. The third kappa shape index (κ3) is 4.89. The number of amides is 1. The van der Waals surface area contributed by atoms with Crippen molar-refractivity contribution in [1.82, 2.24) is 4.90 Å². The average Bonchev–Trinajstić information content (AvgIpc) is 2.37. The Kier molecular flexibility index (Phi) is 6.32. The molecule has 19 heavy (non-hydrogen) atoms. The van der Waals surface area contributed by atoms with Gasteiger partial charge in [0.05, 0.1) is 19.3 Å². The number of benzene rings is 1. The monoisotopic (exact) mass is 267 g/mol. The first-order chi connectivity index (χ1) is 9.08. The van der Waals surface area contributed by atoms with Crippen LogP contribution >= 0.6 is 0 Å². The van der Waals surface area contributed by atoms with Crippen molar-refractivity contribution in [2.24, 2.45) is 0 Å². The van der Waals surface area contributed by atoms with Gasteiger partial charge in [0, 0.05) is 18.7 Å². The number of hydrogen-bond acceptors (Lipinski definition) is 4. The summed E-state index contributed by atoms with van der Waals surface area (Å²) in [7, 11) is 0. The predicted molar refractivity (Wildman–Crippen MR) is 72.3 cm³/mol. The van der Waals surface area contributed by atoms with Crippen LogP contribution < -0.4 is 4.74 Å². The number of carbonyl (C=O) groups is 1. The van der Waals surface area contributed by atoms with Gasteiger partial charge < -0.3 is 19.8 Å². The van der Waals surface area contributed by atoms with Gasteiger partial charge in [0.2, 0.25) is 0 Å². The van der Waals surface area contributed by atoms with Crippen LogP contribution in [0.1, 0.15) is 24.2 Å². The van der Waals surface area contributed by atoms with E-state index < -0.39 is 0 Å². The lowest BCUT2D eigenvalue weighted by Crippen LogP contribution is -2.35. The summed E-state index contributed by atoms with van der Waals surface area (Å²) in [4.78, 5) is 13.6. The fraction of sp³-hybridized carbons (Fsp3) is 0.500. The molecule has 1 aromatic rings. The molecule has 0 saturated carbocycles. The molecule has 0 fully saturated rings. The van der Waals surface area contributed by atoms with Gasteiger partial charge in [-0.25, -0.2) is 0 Å². The molecule has 0 atom stereocenters. The Hall–Kier alpha value is -1.59. The van der Waals surface area contributed by atoms with E-state index in [-0.39, 0.29) is 38.3 Å². The van der Waals surface area contributed by atoms with Crippen molar-refractivity contribution in [3.63, 3.8) is 0 Å². The summed E-state index contributed by atoms with van der Waals surface area (Å²) >= 11 is 0. The summed E-state index contributed by atoms with van der Waals surface area (Å²) in [6.45, 7) is 3.97. The number of aliphatic hydroxyl groups excluding tert-OH is 2. The Morgan fingerprint density at radius 2 is 1.89 bits per heavy atom. The van der Waals surface area contributed by atoms with Gasteiger partial charge in [-0.15, -0.1) is 0 Å². The molecule has 1 aromatic carbocycles. The fourth-order valence-electron chi connectivity index (χ4n) is 1.71. The molecule has 0 spiro atoms. The van der Waals surface area contributed by atoms with Crippen molar-refractivity contribution in [2.45, 2.75) is 20.0 Å². The smallest absolute Gasteiger partial charge is 0.254 e. The first-order valence-corrected chi connectivity index (χ1v) is 6.36. The molecule has 5 nitrogen and oxygen atoms in total. The van der Waals surface area contributed by atoms with E-state index in [0.29, 0.717) is 11.3 Å². The zero-order chi connectivity index (χ0) is 14.3. The van der Waals surface area contributed by atoms with E-state index in [1.54, 1.807) is 24.3 Å². The van der Waals surface area contributed by atoms with Crippen molar-refractivity contribution in [3.05, 3.63) is 29.8 Å². The van der Waals surface area contributed by atoms with Crippen molar-refractivity contribution in [1.29, 1.82) is 0 Å². The van der Waals surface area contributed by atoms with Crippen molar-refractivity contribution in [3.8, 4) is 5.75 Å². The lowest BCUT2D eigenvalue weighted by atomic mass is 10.2. The van der Waals surface area contributed by atoms with E-state index in [1.165, 1.54) is 4.90 Å². The fourth-order valence-corrected chi connectivity index (χ4v) is 1.71. The van der Waals surface area contributed by atoms with Crippen LogP contribution in [-0.2, 0) is 0 Å². The minimum Gasteiger partial charge on any atom is -0.491 e. The minimum atomic E-state index is -0.225. The van der Waals surface area contributed by atoms with E-state index >= 15 is 0 Å². The van der Waals surface area contributed by atoms with E-state index in [0.717, 1.165) is 0 Å². The standard InChI is InChI=1S/C14H21NO4/c1-11(2)19-13-5-3-4-12(10-13)14(18)15(6-8-16)7-9-17/h3-5,10-11,16-17H,6-9H2,1-2H3. The molecule has 1 amide bonds. The second-order valence-electron chi connectivity index (χ2n) is 4.43. The van der Waals surface area contributed by atoms with Crippen LogP contribution in [0.3, 0.4) is 0 Å². The first kappa shape index (κ1) is 15.5. The largest absolute Gasteiger partial charge is 0.491 e. The Balaban J connectivity index is 2.84. The predicted octanol–water partition coefficient (Wildman–Crippen LogP) is 0.901. The van der Waals surface area contributed by atoms with Gasteiger partial charge in [-0.2, -0.15) is 0 Å². The zero-order valence-corrected chi connectivity index (χ0v) is 11.4. The SMILES string of the molecule is CC(C)Oc1cccc(C(=O)N(CCO)CCO)c1. The highest BCUT2D eigenvalue weighted by atomic mass is 16.5. The molecule has 2 N–H and O–H groups in total. The number of rotatable bonds is 7. The van der Waals surface area contributed by atoms with Crippen LogP contribution in [-0.4, -0.2) is 53.4 Å². The molecule has 0 bridgehead atoms. The first-order valence-electron chi connectivity index (χ1n) is 6.36. The lowest BCUT2D eigenvalue weighted by molar-refractivity contribution is 0.0684. The molecular formula is C14H21NO4.